The highest BCUT2D eigenvalue weighted by Crippen LogP contribution is 2.25. The van der Waals surface area contributed by atoms with Crippen LogP contribution in [0.2, 0.25) is 0 Å². The number of carbonyl (C=O) groups is 3. The zero-order chi connectivity index (χ0) is 18.1. The van der Waals surface area contributed by atoms with Crippen LogP contribution in [0.3, 0.4) is 0 Å². The standard InChI is InChI=1S/C16H25N3O5/c1-4-14(24-12-6-7-12)15(21)19-13(16(22)23-10(2)3)8-5-11(20)9-18-17/h9-10,12-14,17H,4-8H2,1-3H3/p+1/t13-,14-/m0/s1. The third-order valence-corrected chi connectivity index (χ3v) is 3.39. The summed E-state index contributed by atoms with van der Waals surface area (Å²) in [6.07, 6.45) is 2.52. The monoisotopic (exact) mass is 340 g/mol. The number of ketones is 1. The van der Waals surface area contributed by atoms with E-state index in [2.05, 4.69) is 10.1 Å². The molecule has 1 amide bonds. The predicted octanol–water partition coefficient (Wildman–Crippen LogP) is 1.04. The van der Waals surface area contributed by atoms with Gasteiger partial charge in [0.25, 0.3) is 0 Å². The van der Waals surface area contributed by atoms with Crippen LogP contribution in [0.15, 0.2) is 0 Å². The minimum atomic E-state index is -0.931. The molecule has 2 N–H and O–H groups in total. The molecule has 2 atom stereocenters. The molecule has 0 aliphatic heterocycles. The van der Waals surface area contributed by atoms with Crippen LogP contribution in [0.5, 0.6) is 0 Å². The van der Waals surface area contributed by atoms with Crippen molar-refractivity contribution in [2.75, 3.05) is 0 Å². The molecule has 8 heteroatoms. The Morgan fingerprint density at radius 2 is 2.00 bits per heavy atom. The van der Waals surface area contributed by atoms with Crippen LogP contribution in [0, 0.1) is 5.53 Å². The number of nitrogens with zero attached hydrogens (tertiary/aromatic N) is 1. The van der Waals surface area contributed by atoms with Crippen LogP contribution in [-0.2, 0) is 23.9 Å². The van der Waals surface area contributed by atoms with E-state index >= 15 is 0 Å². The molecule has 134 valence electrons. The molecule has 0 spiro atoms. The van der Waals surface area contributed by atoms with E-state index in [1.54, 1.807) is 13.8 Å². The van der Waals surface area contributed by atoms with Gasteiger partial charge in [0.05, 0.1) is 22.5 Å². The SMILES string of the molecule is CC[C@H](OC1CC1)C(=O)N[C@@H](CCC(=O)C=[N+]=N)C(=O)OC(C)C. The minimum absolute atomic E-state index is 0.0131. The summed E-state index contributed by atoms with van der Waals surface area (Å²) >= 11 is 0. The summed E-state index contributed by atoms with van der Waals surface area (Å²) in [4.78, 5) is 38.8. The normalized spacial score (nSPS) is 16.0. The second-order valence-corrected chi connectivity index (χ2v) is 6.04. The lowest BCUT2D eigenvalue weighted by atomic mass is 10.1. The van der Waals surface area contributed by atoms with Gasteiger partial charge < -0.3 is 14.8 Å². The van der Waals surface area contributed by atoms with Crippen LogP contribution in [-0.4, -0.2) is 53.0 Å². The van der Waals surface area contributed by atoms with Crippen LogP contribution < -0.4 is 5.32 Å². The van der Waals surface area contributed by atoms with E-state index in [0.29, 0.717) is 6.42 Å². The maximum Gasteiger partial charge on any atom is 0.372 e. The maximum atomic E-state index is 12.3. The Morgan fingerprint density at radius 1 is 1.33 bits per heavy atom. The van der Waals surface area contributed by atoms with Crippen molar-refractivity contribution in [1.82, 2.24) is 5.32 Å². The van der Waals surface area contributed by atoms with Crippen LogP contribution in [0.1, 0.15) is 52.9 Å². The highest BCUT2D eigenvalue weighted by Gasteiger charge is 2.32. The van der Waals surface area contributed by atoms with Crippen molar-refractivity contribution in [3.8, 4) is 0 Å². The summed E-state index contributed by atoms with van der Waals surface area (Å²) < 4.78 is 10.8. The number of hydrogen-bond acceptors (Lipinski definition) is 6. The summed E-state index contributed by atoms with van der Waals surface area (Å²) in [6.45, 7) is 5.25. The molecule has 24 heavy (non-hydrogen) atoms. The predicted molar refractivity (Wildman–Crippen MR) is 84.6 cm³/mol. The van der Waals surface area contributed by atoms with E-state index < -0.39 is 18.1 Å². The number of Topliss-reactive ketones (excluding diaryl/α,β-unsaturated/α-hetero) is 1. The summed E-state index contributed by atoms with van der Waals surface area (Å²) in [5, 5.41) is 2.62. The molecular weight excluding hydrogens is 314 g/mol. The minimum Gasteiger partial charge on any atom is -0.461 e. The molecule has 0 heterocycles. The number of esters is 1. The van der Waals surface area contributed by atoms with Gasteiger partial charge in [0.1, 0.15) is 12.1 Å². The van der Waals surface area contributed by atoms with Crippen molar-refractivity contribution < 1.29 is 28.6 Å². The quantitative estimate of drug-likeness (QED) is 0.252. The summed E-state index contributed by atoms with van der Waals surface area (Å²) in [7, 11) is 0. The Kier molecular flexibility index (Phi) is 8.29. The van der Waals surface area contributed by atoms with E-state index in [9.17, 15) is 14.4 Å². The Bertz CT molecular complexity index is 510. The smallest absolute Gasteiger partial charge is 0.372 e. The van der Waals surface area contributed by atoms with Crippen LogP contribution >= 0.6 is 0 Å². The second kappa shape index (κ2) is 9.95. The van der Waals surface area contributed by atoms with Gasteiger partial charge >= 0.3 is 12.2 Å². The van der Waals surface area contributed by atoms with Crippen molar-refractivity contribution in [3.63, 3.8) is 0 Å². The fourth-order valence-electron chi connectivity index (χ4n) is 2.03. The van der Waals surface area contributed by atoms with Gasteiger partial charge in [-0.2, -0.15) is 0 Å². The number of carbonyl (C=O) groups excluding carboxylic acids is 3. The highest BCUT2D eigenvalue weighted by atomic mass is 16.5. The number of nitrogens with one attached hydrogen (secondary N) is 2. The van der Waals surface area contributed by atoms with Crippen molar-refractivity contribution in [3.05, 3.63) is 0 Å². The maximum absolute atomic E-state index is 12.3. The molecule has 1 fully saturated rings. The van der Waals surface area contributed by atoms with Crippen molar-refractivity contribution in [2.45, 2.75) is 77.2 Å². The molecule has 0 saturated heterocycles. The number of rotatable bonds is 11. The zero-order valence-electron chi connectivity index (χ0n) is 14.4. The average Bonchev–Trinajstić information content (AvgIpc) is 3.32. The van der Waals surface area contributed by atoms with Crippen molar-refractivity contribution in [1.29, 1.82) is 5.53 Å². The Hall–Kier alpha value is -2.05. The third kappa shape index (κ3) is 7.48. The van der Waals surface area contributed by atoms with E-state index in [4.69, 9.17) is 15.0 Å². The molecule has 0 aromatic heterocycles. The van der Waals surface area contributed by atoms with Crippen molar-refractivity contribution >= 4 is 23.9 Å². The van der Waals surface area contributed by atoms with Gasteiger partial charge in [-0.3, -0.25) is 9.59 Å². The van der Waals surface area contributed by atoms with Gasteiger partial charge in [0.15, 0.2) is 0 Å². The lowest BCUT2D eigenvalue weighted by molar-refractivity contribution is -0.153. The van der Waals surface area contributed by atoms with Gasteiger partial charge in [0, 0.05) is 6.42 Å². The van der Waals surface area contributed by atoms with Gasteiger partial charge in [-0.25, -0.2) is 4.79 Å². The van der Waals surface area contributed by atoms with E-state index in [0.717, 1.165) is 19.1 Å². The summed E-state index contributed by atoms with van der Waals surface area (Å²) in [6, 6.07) is -0.931. The molecule has 0 aromatic rings. The first kappa shape index (κ1) is 20.0. The van der Waals surface area contributed by atoms with Gasteiger partial charge in [-0.05, 0) is 39.5 Å². The van der Waals surface area contributed by atoms with E-state index in [1.807, 2.05) is 6.92 Å². The molecule has 8 nitrogen and oxygen atoms in total. The molecule has 0 unspecified atom stereocenters. The topological polar surface area (TPSA) is 120 Å². The number of amides is 1. The first-order chi connectivity index (χ1) is 11.4. The Labute approximate surface area is 141 Å². The van der Waals surface area contributed by atoms with Crippen LogP contribution in [0.25, 0.3) is 0 Å². The summed E-state index contributed by atoms with van der Waals surface area (Å²) in [5.41, 5.74) is 6.63. The number of ether oxygens (including phenoxy) is 2. The lowest BCUT2D eigenvalue weighted by Gasteiger charge is -2.22. The summed E-state index contributed by atoms with van der Waals surface area (Å²) in [5.74, 6) is -1.35. The Morgan fingerprint density at radius 3 is 2.50 bits per heavy atom. The highest BCUT2D eigenvalue weighted by molar-refractivity contribution is 6.25. The first-order valence-corrected chi connectivity index (χ1v) is 8.26. The molecule has 1 saturated carbocycles. The van der Waals surface area contributed by atoms with Gasteiger partial charge in [0.2, 0.25) is 11.7 Å². The second-order valence-electron chi connectivity index (χ2n) is 6.04. The fourth-order valence-corrected chi connectivity index (χ4v) is 2.03. The molecular formula is C16H26N3O5+. The van der Waals surface area contributed by atoms with Crippen molar-refractivity contribution in [2.24, 2.45) is 0 Å². The molecule has 0 aromatic carbocycles. The van der Waals surface area contributed by atoms with Gasteiger partial charge in [-0.15, -0.1) is 0 Å². The Balaban J connectivity index is 2.67. The number of hydrogen-bond donors (Lipinski definition) is 2. The molecule has 1 aliphatic carbocycles. The fraction of sp³-hybridized carbons (Fsp3) is 0.750. The molecule has 0 bridgehead atoms. The lowest BCUT2D eigenvalue weighted by Crippen LogP contribution is -2.47. The van der Waals surface area contributed by atoms with Crippen LogP contribution in [0.4, 0.5) is 0 Å². The largest absolute Gasteiger partial charge is 0.461 e. The van der Waals surface area contributed by atoms with E-state index in [-0.39, 0.29) is 36.7 Å². The molecule has 1 rings (SSSR count). The zero-order valence-corrected chi connectivity index (χ0v) is 14.4. The first-order valence-electron chi connectivity index (χ1n) is 8.26. The van der Waals surface area contributed by atoms with E-state index in [1.165, 1.54) is 0 Å². The third-order valence-electron chi connectivity index (χ3n) is 3.39. The average molecular weight is 340 g/mol. The van der Waals surface area contributed by atoms with Gasteiger partial charge in [-0.1, -0.05) is 6.92 Å². The molecule has 0 radical (unpaired) electrons. The molecule has 1 aliphatic rings.